The van der Waals surface area contributed by atoms with E-state index in [0.29, 0.717) is 35.9 Å². The van der Waals surface area contributed by atoms with E-state index in [4.69, 9.17) is 10.5 Å². The average Bonchev–Trinajstić information content (AvgIpc) is 2.57. The number of benzene rings is 2. The number of para-hydroxylation sites is 2. The number of nitrogens with one attached hydrogen (secondary N) is 1. The van der Waals surface area contributed by atoms with Gasteiger partial charge < -0.3 is 15.4 Å². The standard InChI is InChI=1S/C17H23N3O3S/c1-4-20(5-2)15-11-10-13(18)12-17(15)24(21,22)19-14-8-6-7-9-16(14)23-3/h6-12,19H,4-5,18H2,1-3H3. The second kappa shape index (κ2) is 7.44. The van der Waals surface area contributed by atoms with Crippen molar-refractivity contribution in [3.05, 3.63) is 42.5 Å². The van der Waals surface area contributed by atoms with E-state index < -0.39 is 10.0 Å². The van der Waals surface area contributed by atoms with E-state index in [-0.39, 0.29) is 4.90 Å². The minimum Gasteiger partial charge on any atom is -0.495 e. The first-order valence-corrected chi connectivity index (χ1v) is 9.21. The van der Waals surface area contributed by atoms with Crippen LogP contribution < -0.4 is 20.1 Å². The van der Waals surface area contributed by atoms with E-state index in [0.717, 1.165) is 0 Å². The van der Waals surface area contributed by atoms with Crippen LogP contribution in [-0.4, -0.2) is 28.6 Å². The molecular weight excluding hydrogens is 326 g/mol. The van der Waals surface area contributed by atoms with Crippen molar-refractivity contribution in [2.45, 2.75) is 18.7 Å². The molecule has 0 saturated heterocycles. The molecule has 24 heavy (non-hydrogen) atoms. The number of sulfonamides is 1. The van der Waals surface area contributed by atoms with Crippen molar-refractivity contribution < 1.29 is 13.2 Å². The Balaban J connectivity index is 2.51. The summed E-state index contributed by atoms with van der Waals surface area (Å²) < 4.78 is 33.7. The van der Waals surface area contributed by atoms with Crippen molar-refractivity contribution in [2.75, 3.05) is 35.6 Å². The molecule has 0 unspecified atom stereocenters. The van der Waals surface area contributed by atoms with Crippen LogP contribution in [0.1, 0.15) is 13.8 Å². The van der Waals surface area contributed by atoms with Gasteiger partial charge in [0.1, 0.15) is 10.6 Å². The predicted molar refractivity (Wildman–Crippen MR) is 98.2 cm³/mol. The molecule has 0 aliphatic carbocycles. The van der Waals surface area contributed by atoms with Crippen LogP contribution in [0.4, 0.5) is 17.1 Å². The second-order valence-corrected chi connectivity index (χ2v) is 6.86. The summed E-state index contributed by atoms with van der Waals surface area (Å²) in [4.78, 5) is 2.12. The van der Waals surface area contributed by atoms with Gasteiger partial charge in [-0.05, 0) is 44.2 Å². The fourth-order valence-electron chi connectivity index (χ4n) is 2.50. The molecular formula is C17H23N3O3S. The topological polar surface area (TPSA) is 84.7 Å². The summed E-state index contributed by atoms with van der Waals surface area (Å²) in [5.41, 5.74) is 7.22. The van der Waals surface area contributed by atoms with Crippen molar-refractivity contribution in [2.24, 2.45) is 0 Å². The molecule has 0 atom stereocenters. The maximum Gasteiger partial charge on any atom is 0.264 e. The molecule has 0 saturated carbocycles. The van der Waals surface area contributed by atoms with Crippen molar-refractivity contribution in [1.82, 2.24) is 0 Å². The number of ether oxygens (including phenoxy) is 1. The molecule has 0 fully saturated rings. The number of hydrogen-bond acceptors (Lipinski definition) is 5. The summed E-state index contributed by atoms with van der Waals surface area (Å²) in [5, 5.41) is 0. The summed E-state index contributed by atoms with van der Waals surface area (Å²) >= 11 is 0. The van der Waals surface area contributed by atoms with Gasteiger partial charge in [-0.15, -0.1) is 0 Å². The van der Waals surface area contributed by atoms with Gasteiger partial charge in [0, 0.05) is 18.8 Å². The Morgan fingerprint density at radius 2 is 1.79 bits per heavy atom. The van der Waals surface area contributed by atoms with Gasteiger partial charge in [0.15, 0.2) is 0 Å². The highest BCUT2D eigenvalue weighted by Crippen LogP contribution is 2.31. The van der Waals surface area contributed by atoms with E-state index in [1.54, 1.807) is 36.4 Å². The molecule has 7 heteroatoms. The van der Waals surface area contributed by atoms with Crippen LogP contribution in [0.5, 0.6) is 5.75 Å². The Morgan fingerprint density at radius 3 is 2.42 bits per heavy atom. The van der Waals surface area contributed by atoms with Gasteiger partial charge in [-0.25, -0.2) is 8.42 Å². The molecule has 0 spiro atoms. The molecule has 6 nitrogen and oxygen atoms in total. The van der Waals surface area contributed by atoms with Crippen molar-refractivity contribution in [3.8, 4) is 5.75 Å². The number of nitrogens with zero attached hydrogens (tertiary/aromatic N) is 1. The Morgan fingerprint density at radius 1 is 1.12 bits per heavy atom. The molecule has 0 heterocycles. The van der Waals surface area contributed by atoms with Crippen LogP contribution >= 0.6 is 0 Å². The SMILES string of the molecule is CCN(CC)c1ccc(N)cc1S(=O)(=O)Nc1ccccc1OC. The molecule has 0 amide bonds. The lowest BCUT2D eigenvalue weighted by molar-refractivity contribution is 0.417. The van der Waals surface area contributed by atoms with E-state index in [1.165, 1.54) is 13.2 Å². The first kappa shape index (κ1) is 17.9. The fourth-order valence-corrected chi connectivity index (χ4v) is 3.83. The quantitative estimate of drug-likeness (QED) is 0.751. The minimum atomic E-state index is -3.82. The number of hydrogen-bond donors (Lipinski definition) is 2. The van der Waals surface area contributed by atoms with E-state index in [2.05, 4.69) is 4.72 Å². The summed E-state index contributed by atoms with van der Waals surface area (Å²) in [6.45, 7) is 5.34. The molecule has 0 aliphatic rings. The van der Waals surface area contributed by atoms with E-state index in [1.807, 2.05) is 18.7 Å². The Kier molecular flexibility index (Phi) is 5.56. The Hall–Kier alpha value is -2.41. The average molecular weight is 349 g/mol. The highest BCUT2D eigenvalue weighted by Gasteiger charge is 2.22. The first-order chi connectivity index (χ1) is 11.4. The number of anilines is 3. The fraction of sp³-hybridized carbons (Fsp3) is 0.294. The molecule has 2 aromatic rings. The molecule has 2 aromatic carbocycles. The maximum absolute atomic E-state index is 12.9. The molecule has 0 radical (unpaired) electrons. The minimum absolute atomic E-state index is 0.150. The monoisotopic (exact) mass is 349 g/mol. The second-order valence-electron chi connectivity index (χ2n) is 5.21. The van der Waals surface area contributed by atoms with Gasteiger partial charge >= 0.3 is 0 Å². The molecule has 0 aliphatic heterocycles. The van der Waals surface area contributed by atoms with Gasteiger partial charge in [0.25, 0.3) is 10.0 Å². The number of nitrogens with two attached hydrogens (primary N) is 1. The molecule has 3 N–H and O–H groups in total. The summed E-state index contributed by atoms with van der Waals surface area (Å²) in [5.74, 6) is 0.453. The third-order valence-electron chi connectivity index (χ3n) is 3.73. The van der Waals surface area contributed by atoms with Crippen molar-refractivity contribution in [3.63, 3.8) is 0 Å². The third-order valence-corrected chi connectivity index (χ3v) is 5.12. The lowest BCUT2D eigenvalue weighted by atomic mass is 10.2. The molecule has 0 bridgehead atoms. The van der Waals surface area contributed by atoms with Gasteiger partial charge in [-0.3, -0.25) is 4.72 Å². The van der Waals surface area contributed by atoms with Gasteiger partial charge in [0.2, 0.25) is 0 Å². The lowest BCUT2D eigenvalue weighted by Gasteiger charge is -2.24. The summed E-state index contributed by atoms with van der Waals surface area (Å²) in [7, 11) is -2.32. The Labute approximate surface area is 143 Å². The zero-order valence-corrected chi connectivity index (χ0v) is 14.9. The zero-order chi connectivity index (χ0) is 17.7. The highest BCUT2D eigenvalue weighted by molar-refractivity contribution is 7.93. The zero-order valence-electron chi connectivity index (χ0n) is 14.1. The number of nitrogen functional groups attached to an aromatic ring is 1. The summed E-state index contributed by atoms with van der Waals surface area (Å²) in [6.07, 6.45) is 0. The van der Waals surface area contributed by atoms with Crippen LogP contribution in [0.25, 0.3) is 0 Å². The van der Waals surface area contributed by atoms with Crippen LogP contribution in [0.3, 0.4) is 0 Å². The van der Waals surface area contributed by atoms with Crippen LogP contribution in [0, 0.1) is 0 Å². The normalized spacial score (nSPS) is 11.1. The number of methoxy groups -OCH3 is 1. The first-order valence-electron chi connectivity index (χ1n) is 7.73. The van der Waals surface area contributed by atoms with Crippen LogP contribution in [0.15, 0.2) is 47.4 Å². The molecule has 2 rings (SSSR count). The van der Waals surface area contributed by atoms with Gasteiger partial charge in [-0.1, -0.05) is 12.1 Å². The summed E-state index contributed by atoms with van der Waals surface area (Å²) in [6, 6.07) is 11.8. The molecule has 130 valence electrons. The maximum atomic E-state index is 12.9. The predicted octanol–water partition coefficient (Wildman–Crippen LogP) is 2.92. The molecule has 0 aromatic heterocycles. The largest absolute Gasteiger partial charge is 0.495 e. The highest BCUT2D eigenvalue weighted by atomic mass is 32.2. The van der Waals surface area contributed by atoms with Crippen LogP contribution in [0.2, 0.25) is 0 Å². The smallest absolute Gasteiger partial charge is 0.264 e. The van der Waals surface area contributed by atoms with Gasteiger partial charge in [-0.2, -0.15) is 0 Å². The van der Waals surface area contributed by atoms with Crippen molar-refractivity contribution in [1.29, 1.82) is 0 Å². The van der Waals surface area contributed by atoms with Crippen molar-refractivity contribution >= 4 is 27.1 Å². The Bertz CT molecular complexity index is 802. The number of rotatable bonds is 7. The van der Waals surface area contributed by atoms with Crippen LogP contribution in [-0.2, 0) is 10.0 Å². The third kappa shape index (κ3) is 3.73. The van der Waals surface area contributed by atoms with E-state index >= 15 is 0 Å². The van der Waals surface area contributed by atoms with Gasteiger partial charge in [0.05, 0.1) is 18.5 Å². The van der Waals surface area contributed by atoms with E-state index in [9.17, 15) is 8.42 Å². The lowest BCUT2D eigenvalue weighted by Crippen LogP contribution is -2.25.